The lowest BCUT2D eigenvalue weighted by molar-refractivity contribution is -0.0507. The van der Waals surface area contributed by atoms with E-state index in [1.54, 1.807) is 18.2 Å². The van der Waals surface area contributed by atoms with Crippen LogP contribution in [0.5, 0.6) is 5.75 Å². The van der Waals surface area contributed by atoms with Gasteiger partial charge in [-0.2, -0.15) is 8.78 Å². The number of nitrogens with zero attached hydrogens (tertiary/aromatic N) is 4. The number of fused-ring (bicyclic) bond motifs is 3. The van der Waals surface area contributed by atoms with Gasteiger partial charge in [0.1, 0.15) is 22.7 Å². The van der Waals surface area contributed by atoms with E-state index in [4.69, 9.17) is 0 Å². The number of halogens is 4. The molecule has 6 nitrogen and oxygen atoms in total. The first-order valence-electron chi connectivity index (χ1n) is 10.6. The molecule has 34 heavy (non-hydrogen) atoms. The monoisotopic (exact) mass is 472 g/mol. The third-order valence-corrected chi connectivity index (χ3v) is 5.84. The Bertz CT molecular complexity index is 1370. The molecule has 10 heteroatoms. The molecule has 0 bridgehead atoms. The molecule has 0 saturated carbocycles. The number of para-hydroxylation sites is 1. The van der Waals surface area contributed by atoms with Crippen LogP contribution in [0.3, 0.4) is 0 Å². The molecule has 1 aliphatic rings. The molecule has 176 valence electrons. The first kappa shape index (κ1) is 22.3. The van der Waals surface area contributed by atoms with Crippen molar-refractivity contribution in [2.45, 2.75) is 44.7 Å². The van der Waals surface area contributed by atoms with Crippen molar-refractivity contribution in [3.63, 3.8) is 0 Å². The number of hydrogen-bond donors (Lipinski definition) is 1. The highest BCUT2D eigenvalue weighted by Gasteiger charge is 2.38. The van der Waals surface area contributed by atoms with E-state index in [0.29, 0.717) is 11.1 Å². The van der Waals surface area contributed by atoms with Crippen LogP contribution in [-0.4, -0.2) is 31.2 Å². The van der Waals surface area contributed by atoms with Crippen molar-refractivity contribution in [1.29, 1.82) is 0 Å². The van der Waals surface area contributed by atoms with Crippen LogP contribution in [0.25, 0.3) is 22.2 Å². The van der Waals surface area contributed by atoms with Crippen LogP contribution in [0, 0.1) is 5.82 Å². The molecule has 1 unspecified atom stereocenters. The lowest BCUT2D eigenvalue weighted by atomic mass is 10.0. The van der Waals surface area contributed by atoms with Crippen LogP contribution in [0.4, 0.5) is 17.6 Å². The van der Waals surface area contributed by atoms with Crippen molar-refractivity contribution in [3.05, 3.63) is 71.8 Å². The van der Waals surface area contributed by atoms with E-state index in [0.717, 1.165) is 0 Å². The second kappa shape index (κ2) is 8.05. The topological polar surface area (TPSA) is 73.1 Å². The molecule has 0 saturated heterocycles. The second-order valence-corrected chi connectivity index (χ2v) is 8.62. The molecular weight excluding hydrogens is 452 g/mol. The number of aromatic nitrogens is 4. The lowest BCUT2D eigenvalue weighted by Gasteiger charge is -2.19. The van der Waals surface area contributed by atoms with Gasteiger partial charge >= 0.3 is 6.61 Å². The van der Waals surface area contributed by atoms with Gasteiger partial charge in [0, 0.05) is 35.5 Å². The smallest absolute Gasteiger partial charge is 0.387 e. The van der Waals surface area contributed by atoms with Gasteiger partial charge < -0.3 is 14.4 Å². The molecule has 1 aliphatic heterocycles. The Labute approximate surface area is 191 Å². The highest BCUT2D eigenvalue weighted by Crippen LogP contribution is 2.46. The molecular formula is C24H20F4N4O2. The summed E-state index contributed by atoms with van der Waals surface area (Å²) >= 11 is 0. The highest BCUT2D eigenvalue weighted by molar-refractivity contribution is 5.84. The van der Waals surface area contributed by atoms with E-state index in [9.17, 15) is 18.3 Å². The first-order valence-corrected chi connectivity index (χ1v) is 10.6. The van der Waals surface area contributed by atoms with E-state index in [1.807, 2.05) is 0 Å². The zero-order valence-electron chi connectivity index (χ0n) is 18.2. The van der Waals surface area contributed by atoms with Crippen LogP contribution in [-0.2, 0) is 5.60 Å². The summed E-state index contributed by atoms with van der Waals surface area (Å²) in [7, 11) is 0. The first-order chi connectivity index (χ1) is 16.1. The van der Waals surface area contributed by atoms with Crippen LogP contribution in [0.15, 0.2) is 48.8 Å². The van der Waals surface area contributed by atoms with Gasteiger partial charge in [-0.15, -0.1) is 0 Å². The van der Waals surface area contributed by atoms with E-state index >= 15 is 4.39 Å². The van der Waals surface area contributed by atoms with Gasteiger partial charge in [-0.05, 0) is 32.0 Å². The van der Waals surface area contributed by atoms with Gasteiger partial charge in [0.25, 0.3) is 0 Å². The Hall–Kier alpha value is -3.53. The van der Waals surface area contributed by atoms with Gasteiger partial charge in [0.2, 0.25) is 0 Å². The van der Waals surface area contributed by atoms with E-state index < -0.39 is 30.2 Å². The third-order valence-electron chi connectivity index (χ3n) is 5.84. The summed E-state index contributed by atoms with van der Waals surface area (Å²) in [4.78, 5) is 12.5. The van der Waals surface area contributed by atoms with Crippen molar-refractivity contribution < 1.29 is 27.4 Å². The minimum absolute atomic E-state index is 0.0246. The van der Waals surface area contributed by atoms with Crippen LogP contribution >= 0.6 is 0 Å². The molecule has 0 aliphatic carbocycles. The average molecular weight is 472 g/mol. The minimum atomic E-state index is -3.06. The summed E-state index contributed by atoms with van der Waals surface area (Å²) < 4.78 is 62.8. The molecule has 1 N–H and O–H groups in total. The largest absolute Gasteiger partial charge is 0.434 e. The van der Waals surface area contributed by atoms with Crippen LogP contribution in [0.1, 0.15) is 49.7 Å². The molecule has 2 aromatic carbocycles. The predicted molar refractivity (Wildman–Crippen MR) is 116 cm³/mol. The van der Waals surface area contributed by atoms with Crippen LogP contribution in [0.2, 0.25) is 0 Å². The summed E-state index contributed by atoms with van der Waals surface area (Å²) in [5.74, 6) is -0.561. The second-order valence-electron chi connectivity index (χ2n) is 8.62. The number of benzene rings is 2. The summed E-state index contributed by atoms with van der Waals surface area (Å²) in [5.41, 5.74) is -0.136. The molecule has 4 aromatic rings. The van der Waals surface area contributed by atoms with Crippen molar-refractivity contribution >= 4 is 11.0 Å². The Kier molecular flexibility index (Phi) is 5.27. The third kappa shape index (κ3) is 3.67. The number of aliphatic hydroxyl groups is 1. The van der Waals surface area contributed by atoms with Crippen LogP contribution < -0.4 is 4.74 Å². The van der Waals surface area contributed by atoms with Crippen molar-refractivity contribution in [1.82, 2.24) is 19.5 Å². The zero-order chi connectivity index (χ0) is 24.2. The summed E-state index contributed by atoms with van der Waals surface area (Å²) in [6.07, 6.45) is 1.20. The fourth-order valence-corrected chi connectivity index (χ4v) is 4.34. The summed E-state index contributed by atoms with van der Waals surface area (Å²) in [5, 5.41) is 10.1. The Balaban J connectivity index is 1.65. The maximum atomic E-state index is 15.9. The van der Waals surface area contributed by atoms with Crippen molar-refractivity contribution in [2.75, 3.05) is 0 Å². The molecule has 5 rings (SSSR count). The SMILES string of the molecule is CC(C)(O)c1ncc(-c2ccc3nc4n(c3c2F)[C@@H](c2ccccc2OC(F)F)CC4F)cn1. The number of ether oxygens (including phenoxy) is 1. The Morgan fingerprint density at radius 2 is 1.82 bits per heavy atom. The fourth-order valence-electron chi connectivity index (χ4n) is 4.34. The molecule has 0 spiro atoms. The molecule has 2 aromatic heterocycles. The minimum Gasteiger partial charge on any atom is -0.434 e. The number of imidazole rings is 1. The van der Waals surface area contributed by atoms with E-state index in [1.165, 1.54) is 49.0 Å². The number of alkyl halides is 3. The van der Waals surface area contributed by atoms with E-state index in [-0.39, 0.29) is 40.4 Å². The molecule has 3 heterocycles. The Morgan fingerprint density at radius 3 is 2.50 bits per heavy atom. The summed E-state index contributed by atoms with van der Waals surface area (Å²) in [6, 6.07) is 8.36. The number of hydrogen-bond acceptors (Lipinski definition) is 5. The van der Waals surface area contributed by atoms with Gasteiger partial charge in [0.05, 0.1) is 11.6 Å². The fraction of sp³-hybridized carbons (Fsp3) is 0.292. The van der Waals surface area contributed by atoms with Gasteiger partial charge in [-0.25, -0.2) is 23.7 Å². The molecule has 2 atom stereocenters. The standard InChI is InChI=1S/C24H20F4N4O2/c1-24(2,33)22-29-10-12(11-30-22)13-7-8-16-20(19(13)26)32-17(9-15(25)21(32)31-16)14-5-3-4-6-18(14)34-23(27)28/h3-8,10-11,15,17,23,33H,9H2,1-2H3/t15?,17-/m1/s1. The summed E-state index contributed by atoms with van der Waals surface area (Å²) in [6.45, 7) is 0.0127. The average Bonchev–Trinajstić information content (AvgIpc) is 3.31. The lowest BCUT2D eigenvalue weighted by Crippen LogP contribution is -2.19. The number of rotatable bonds is 5. The predicted octanol–water partition coefficient (Wildman–Crippen LogP) is 5.46. The maximum absolute atomic E-state index is 15.9. The van der Waals surface area contributed by atoms with Gasteiger partial charge in [0.15, 0.2) is 17.8 Å². The molecule has 0 fully saturated rings. The zero-order valence-corrected chi connectivity index (χ0v) is 18.2. The molecule has 0 amide bonds. The quantitative estimate of drug-likeness (QED) is 0.390. The van der Waals surface area contributed by atoms with Gasteiger partial charge in [-0.3, -0.25) is 0 Å². The Morgan fingerprint density at radius 1 is 1.12 bits per heavy atom. The van der Waals surface area contributed by atoms with Crippen molar-refractivity contribution in [2.24, 2.45) is 0 Å². The normalized spacial score (nSPS) is 18.0. The highest BCUT2D eigenvalue weighted by atomic mass is 19.3. The van der Waals surface area contributed by atoms with Crippen molar-refractivity contribution in [3.8, 4) is 16.9 Å². The van der Waals surface area contributed by atoms with Gasteiger partial charge in [-0.1, -0.05) is 18.2 Å². The maximum Gasteiger partial charge on any atom is 0.387 e. The van der Waals surface area contributed by atoms with E-state index in [2.05, 4.69) is 19.7 Å². The molecule has 0 radical (unpaired) electrons.